The molecule has 2 N–H and O–H groups in total. The Balaban J connectivity index is 2.14. The minimum atomic E-state index is -0.321. The lowest BCUT2D eigenvalue weighted by Crippen LogP contribution is -2.40. The van der Waals surface area contributed by atoms with Crippen LogP contribution in [0.25, 0.3) is 0 Å². The van der Waals surface area contributed by atoms with Gasteiger partial charge in [0.15, 0.2) is 0 Å². The normalized spacial score (nSPS) is 15.5. The first-order chi connectivity index (χ1) is 11.5. The quantitative estimate of drug-likeness (QED) is 0.863. The second kappa shape index (κ2) is 8.54. The summed E-state index contributed by atoms with van der Waals surface area (Å²) < 4.78 is 10.5. The van der Waals surface area contributed by atoms with Crippen molar-refractivity contribution >= 4 is 17.6 Å². The maximum Gasteiger partial charge on any atom is 0.319 e. The van der Waals surface area contributed by atoms with Crippen molar-refractivity contribution in [2.75, 3.05) is 38.7 Å². The van der Waals surface area contributed by atoms with Crippen molar-refractivity contribution in [2.24, 2.45) is 0 Å². The molecule has 0 bridgehead atoms. The average Bonchev–Trinajstić information content (AvgIpc) is 2.61. The molecule has 1 saturated heterocycles. The van der Waals surface area contributed by atoms with Crippen molar-refractivity contribution in [1.29, 1.82) is 0 Å². The number of methoxy groups -OCH3 is 1. The third-order valence-corrected chi connectivity index (χ3v) is 3.98. The van der Waals surface area contributed by atoms with Crippen LogP contribution >= 0.6 is 0 Å². The van der Waals surface area contributed by atoms with E-state index in [9.17, 15) is 9.59 Å². The number of ether oxygens (including phenoxy) is 2. The number of nitrogens with one attached hydrogen (secondary N) is 2. The van der Waals surface area contributed by atoms with E-state index in [4.69, 9.17) is 9.47 Å². The van der Waals surface area contributed by atoms with Gasteiger partial charge in [0.2, 0.25) is 0 Å². The SMILES string of the molecule is CC[C@@H](C)NC(=O)Nc1cc(C(=O)N2CCOCC2)ccc1OC. The van der Waals surface area contributed by atoms with Gasteiger partial charge in [0.05, 0.1) is 26.0 Å². The number of nitrogens with zero attached hydrogens (tertiary/aromatic N) is 1. The molecule has 0 radical (unpaired) electrons. The Morgan fingerprint density at radius 1 is 1.33 bits per heavy atom. The molecule has 0 aliphatic carbocycles. The summed E-state index contributed by atoms with van der Waals surface area (Å²) >= 11 is 0. The summed E-state index contributed by atoms with van der Waals surface area (Å²) in [5.41, 5.74) is 0.981. The first-order valence-corrected chi connectivity index (χ1v) is 8.17. The van der Waals surface area contributed by atoms with Crippen LogP contribution in [0.3, 0.4) is 0 Å². The van der Waals surface area contributed by atoms with Crippen LogP contribution in [0.1, 0.15) is 30.6 Å². The zero-order valence-electron chi connectivity index (χ0n) is 14.4. The standard InChI is InChI=1S/C17H25N3O4/c1-4-12(2)18-17(22)19-14-11-13(5-6-15(14)23-3)16(21)20-7-9-24-10-8-20/h5-6,11-12H,4,7-10H2,1-3H3,(H2,18,19,22)/t12-/m1/s1. The number of hydrogen-bond donors (Lipinski definition) is 2. The molecule has 0 spiro atoms. The Bertz CT molecular complexity index is 585. The van der Waals surface area contributed by atoms with E-state index >= 15 is 0 Å². The Kier molecular flexibility index (Phi) is 6.43. The molecular formula is C17H25N3O4. The number of morpholine rings is 1. The van der Waals surface area contributed by atoms with Crippen LogP contribution in [0.15, 0.2) is 18.2 Å². The molecule has 1 heterocycles. The van der Waals surface area contributed by atoms with Crippen molar-refractivity contribution in [1.82, 2.24) is 10.2 Å². The van der Waals surface area contributed by atoms with Crippen LogP contribution in [0.2, 0.25) is 0 Å². The summed E-state index contributed by atoms with van der Waals surface area (Å²) in [6, 6.07) is 4.78. The van der Waals surface area contributed by atoms with Crippen LogP contribution in [-0.2, 0) is 4.74 Å². The molecule has 1 aromatic rings. The van der Waals surface area contributed by atoms with Crippen molar-refractivity contribution in [2.45, 2.75) is 26.3 Å². The van der Waals surface area contributed by atoms with Crippen LogP contribution < -0.4 is 15.4 Å². The highest BCUT2D eigenvalue weighted by Gasteiger charge is 2.20. The number of benzene rings is 1. The Hall–Kier alpha value is -2.28. The van der Waals surface area contributed by atoms with Gasteiger partial charge >= 0.3 is 6.03 Å². The van der Waals surface area contributed by atoms with E-state index in [1.807, 2.05) is 13.8 Å². The van der Waals surface area contributed by atoms with E-state index in [1.54, 1.807) is 23.1 Å². The molecular weight excluding hydrogens is 310 g/mol. The summed E-state index contributed by atoms with van der Waals surface area (Å²) in [6.45, 7) is 6.15. The molecule has 3 amide bonds. The molecule has 1 aromatic carbocycles. The summed E-state index contributed by atoms with van der Waals surface area (Å²) in [4.78, 5) is 26.4. The summed E-state index contributed by atoms with van der Waals surface area (Å²) in [6.07, 6.45) is 0.833. The van der Waals surface area contributed by atoms with Gasteiger partial charge in [-0.2, -0.15) is 0 Å². The number of hydrogen-bond acceptors (Lipinski definition) is 4. The van der Waals surface area contributed by atoms with Gasteiger partial charge < -0.3 is 25.0 Å². The number of urea groups is 1. The molecule has 0 saturated carbocycles. The van der Waals surface area contributed by atoms with E-state index in [1.165, 1.54) is 7.11 Å². The van der Waals surface area contributed by atoms with E-state index in [0.29, 0.717) is 43.3 Å². The van der Waals surface area contributed by atoms with Gasteiger partial charge in [0, 0.05) is 24.7 Å². The molecule has 1 aliphatic heterocycles. The number of carbonyl (C=O) groups excluding carboxylic acids is 2. The molecule has 132 valence electrons. The third-order valence-electron chi connectivity index (χ3n) is 3.98. The minimum absolute atomic E-state index is 0.0640. The largest absolute Gasteiger partial charge is 0.495 e. The van der Waals surface area contributed by atoms with Gasteiger partial charge in [-0.3, -0.25) is 4.79 Å². The zero-order chi connectivity index (χ0) is 17.5. The Morgan fingerprint density at radius 2 is 2.04 bits per heavy atom. The van der Waals surface area contributed by atoms with Gasteiger partial charge in [0.1, 0.15) is 5.75 Å². The summed E-state index contributed by atoms with van der Waals surface area (Å²) in [5.74, 6) is 0.430. The first kappa shape index (κ1) is 18.1. The highest BCUT2D eigenvalue weighted by atomic mass is 16.5. The molecule has 0 unspecified atom stereocenters. The smallest absolute Gasteiger partial charge is 0.319 e. The van der Waals surface area contributed by atoms with E-state index < -0.39 is 0 Å². The molecule has 1 fully saturated rings. The van der Waals surface area contributed by atoms with Gasteiger partial charge in [-0.15, -0.1) is 0 Å². The fourth-order valence-corrected chi connectivity index (χ4v) is 2.37. The fourth-order valence-electron chi connectivity index (χ4n) is 2.37. The maximum atomic E-state index is 12.6. The monoisotopic (exact) mass is 335 g/mol. The first-order valence-electron chi connectivity index (χ1n) is 8.17. The average molecular weight is 335 g/mol. The number of anilines is 1. The molecule has 7 nitrogen and oxygen atoms in total. The Labute approximate surface area is 142 Å². The lowest BCUT2D eigenvalue weighted by Gasteiger charge is -2.27. The predicted octanol–water partition coefficient (Wildman–Crippen LogP) is 2.09. The van der Waals surface area contributed by atoms with Gasteiger partial charge in [-0.05, 0) is 31.5 Å². The molecule has 7 heteroatoms. The second-order valence-electron chi connectivity index (χ2n) is 5.73. The van der Waals surface area contributed by atoms with Crippen molar-refractivity contribution in [3.8, 4) is 5.75 Å². The van der Waals surface area contributed by atoms with Crippen LogP contribution in [0.4, 0.5) is 10.5 Å². The van der Waals surface area contributed by atoms with Gasteiger partial charge in [0.25, 0.3) is 5.91 Å². The van der Waals surface area contributed by atoms with Crippen molar-refractivity contribution < 1.29 is 19.1 Å². The summed E-state index contributed by atoms with van der Waals surface area (Å²) in [5, 5.41) is 5.58. The second-order valence-corrected chi connectivity index (χ2v) is 5.73. The number of carbonyl (C=O) groups is 2. The number of rotatable bonds is 5. The molecule has 1 atom stereocenters. The molecule has 0 aromatic heterocycles. The minimum Gasteiger partial charge on any atom is -0.495 e. The molecule has 1 aliphatic rings. The Morgan fingerprint density at radius 3 is 2.67 bits per heavy atom. The zero-order valence-corrected chi connectivity index (χ0v) is 14.4. The van der Waals surface area contributed by atoms with Gasteiger partial charge in [-0.1, -0.05) is 6.92 Å². The predicted molar refractivity (Wildman–Crippen MR) is 91.6 cm³/mol. The third kappa shape index (κ3) is 4.61. The van der Waals surface area contributed by atoms with E-state index in [0.717, 1.165) is 6.42 Å². The fraction of sp³-hybridized carbons (Fsp3) is 0.529. The van der Waals surface area contributed by atoms with Crippen molar-refractivity contribution in [3.05, 3.63) is 23.8 Å². The summed E-state index contributed by atoms with van der Waals surface area (Å²) in [7, 11) is 1.52. The van der Waals surface area contributed by atoms with Crippen LogP contribution in [-0.4, -0.2) is 56.3 Å². The number of amides is 3. The lowest BCUT2D eigenvalue weighted by molar-refractivity contribution is 0.0303. The van der Waals surface area contributed by atoms with Crippen LogP contribution in [0, 0.1) is 0 Å². The van der Waals surface area contributed by atoms with Gasteiger partial charge in [-0.25, -0.2) is 4.79 Å². The van der Waals surface area contributed by atoms with Crippen molar-refractivity contribution in [3.63, 3.8) is 0 Å². The van der Waals surface area contributed by atoms with E-state index in [-0.39, 0.29) is 18.0 Å². The molecule has 24 heavy (non-hydrogen) atoms. The lowest BCUT2D eigenvalue weighted by atomic mass is 10.1. The molecule has 2 rings (SSSR count). The maximum absolute atomic E-state index is 12.6. The topological polar surface area (TPSA) is 79.9 Å². The highest BCUT2D eigenvalue weighted by molar-refractivity contribution is 5.98. The highest BCUT2D eigenvalue weighted by Crippen LogP contribution is 2.26. The van der Waals surface area contributed by atoms with E-state index in [2.05, 4.69) is 10.6 Å². The van der Waals surface area contributed by atoms with Crippen LogP contribution in [0.5, 0.6) is 5.75 Å².